The van der Waals surface area contributed by atoms with Crippen LogP contribution in [-0.2, 0) is 14.2 Å². The van der Waals surface area contributed by atoms with E-state index in [0.717, 1.165) is 5.75 Å². The molecule has 0 atom stereocenters. The minimum atomic E-state index is 0.259. The second-order valence-corrected chi connectivity index (χ2v) is 4.31. The van der Waals surface area contributed by atoms with Crippen molar-refractivity contribution in [1.82, 2.24) is 0 Å². The molecule has 0 bridgehead atoms. The Morgan fingerprint density at radius 1 is 0.789 bits per heavy atom. The number of para-hydroxylation sites is 1. The Balaban J connectivity index is 1.81. The van der Waals surface area contributed by atoms with Gasteiger partial charge in [-0.1, -0.05) is 18.2 Å². The van der Waals surface area contributed by atoms with Crippen molar-refractivity contribution < 1.29 is 18.9 Å². The zero-order valence-electron chi connectivity index (χ0n) is 11.8. The van der Waals surface area contributed by atoms with Crippen LogP contribution in [0.4, 0.5) is 0 Å². The lowest BCUT2D eigenvalue weighted by atomic mass is 10.3. The van der Waals surface area contributed by atoms with Gasteiger partial charge in [0.05, 0.1) is 39.1 Å². The van der Waals surface area contributed by atoms with Gasteiger partial charge in [0.25, 0.3) is 0 Å². The Morgan fingerprint density at radius 3 is 2.00 bits per heavy atom. The molecule has 0 amide bonds. The second kappa shape index (κ2) is 10.8. The number of hydrogen-bond donors (Lipinski definition) is 0. The molecule has 0 aromatic heterocycles. The molecular formula is C15H24O4. The molecule has 0 fully saturated rings. The molecule has 0 saturated heterocycles. The monoisotopic (exact) mass is 268 g/mol. The first-order chi connectivity index (χ1) is 9.29. The van der Waals surface area contributed by atoms with E-state index in [9.17, 15) is 0 Å². The molecular weight excluding hydrogens is 244 g/mol. The maximum Gasteiger partial charge on any atom is 0.119 e. The van der Waals surface area contributed by atoms with Crippen LogP contribution in [0.3, 0.4) is 0 Å². The van der Waals surface area contributed by atoms with E-state index in [2.05, 4.69) is 0 Å². The summed E-state index contributed by atoms with van der Waals surface area (Å²) < 4.78 is 21.6. The first kappa shape index (κ1) is 16.0. The molecule has 0 aliphatic carbocycles. The minimum Gasteiger partial charge on any atom is -0.491 e. The fourth-order valence-electron chi connectivity index (χ4n) is 1.40. The zero-order valence-corrected chi connectivity index (χ0v) is 11.8. The van der Waals surface area contributed by atoms with E-state index in [1.54, 1.807) is 0 Å². The van der Waals surface area contributed by atoms with Gasteiger partial charge in [-0.15, -0.1) is 0 Å². The molecule has 1 rings (SSSR count). The minimum absolute atomic E-state index is 0.259. The van der Waals surface area contributed by atoms with E-state index in [4.69, 9.17) is 18.9 Å². The highest BCUT2D eigenvalue weighted by Gasteiger charge is 1.94. The summed E-state index contributed by atoms with van der Waals surface area (Å²) in [6, 6.07) is 9.71. The largest absolute Gasteiger partial charge is 0.491 e. The van der Waals surface area contributed by atoms with Gasteiger partial charge in [-0.2, -0.15) is 0 Å². The Morgan fingerprint density at radius 2 is 1.37 bits per heavy atom. The Labute approximate surface area is 115 Å². The van der Waals surface area contributed by atoms with Gasteiger partial charge in [0.15, 0.2) is 0 Å². The quantitative estimate of drug-likeness (QED) is 0.578. The van der Waals surface area contributed by atoms with Gasteiger partial charge in [-0.25, -0.2) is 0 Å². The SMILES string of the molecule is CC(C)OCCOCCOCCOc1ccccc1. The van der Waals surface area contributed by atoms with Crippen molar-refractivity contribution in [2.75, 3.05) is 39.6 Å². The molecule has 108 valence electrons. The van der Waals surface area contributed by atoms with Crippen molar-refractivity contribution in [3.8, 4) is 5.75 Å². The third-order valence-corrected chi connectivity index (χ3v) is 2.29. The number of benzene rings is 1. The Hall–Kier alpha value is -1.10. The lowest BCUT2D eigenvalue weighted by molar-refractivity contribution is -0.00466. The molecule has 0 saturated carbocycles. The van der Waals surface area contributed by atoms with Crippen LogP contribution in [0.15, 0.2) is 30.3 Å². The van der Waals surface area contributed by atoms with Gasteiger partial charge >= 0.3 is 0 Å². The van der Waals surface area contributed by atoms with Gasteiger partial charge in [-0.3, -0.25) is 0 Å². The summed E-state index contributed by atoms with van der Waals surface area (Å²) in [7, 11) is 0. The smallest absolute Gasteiger partial charge is 0.119 e. The molecule has 1 aromatic carbocycles. The molecule has 0 spiro atoms. The number of ether oxygens (including phenoxy) is 4. The number of rotatable bonds is 11. The van der Waals surface area contributed by atoms with Crippen LogP contribution in [0.5, 0.6) is 5.75 Å². The summed E-state index contributed by atoms with van der Waals surface area (Å²) in [5, 5.41) is 0. The van der Waals surface area contributed by atoms with Crippen molar-refractivity contribution in [2.45, 2.75) is 20.0 Å². The topological polar surface area (TPSA) is 36.9 Å². The zero-order chi connectivity index (χ0) is 13.8. The summed E-state index contributed by atoms with van der Waals surface area (Å²) in [6.45, 7) is 7.57. The summed E-state index contributed by atoms with van der Waals surface area (Å²) in [5.41, 5.74) is 0. The third-order valence-electron chi connectivity index (χ3n) is 2.29. The van der Waals surface area contributed by atoms with Crippen LogP contribution in [0.1, 0.15) is 13.8 Å². The van der Waals surface area contributed by atoms with E-state index in [0.29, 0.717) is 39.6 Å². The highest BCUT2D eigenvalue weighted by atomic mass is 16.6. The van der Waals surface area contributed by atoms with Gasteiger partial charge in [0.2, 0.25) is 0 Å². The standard InChI is InChI=1S/C15H24O4/c1-14(2)18-12-10-16-8-9-17-11-13-19-15-6-4-3-5-7-15/h3-7,14H,8-13H2,1-2H3. The maximum absolute atomic E-state index is 5.49. The molecule has 0 unspecified atom stereocenters. The lowest BCUT2D eigenvalue weighted by Gasteiger charge is -2.09. The number of hydrogen-bond acceptors (Lipinski definition) is 4. The summed E-state index contributed by atoms with van der Waals surface area (Å²) in [5.74, 6) is 0.869. The van der Waals surface area contributed by atoms with Crippen LogP contribution >= 0.6 is 0 Å². The normalized spacial score (nSPS) is 10.9. The van der Waals surface area contributed by atoms with Crippen LogP contribution in [0.25, 0.3) is 0 Å². The molecule has 0 heterocycles. The third kappa shape index (κ3) is 9.47. The maximum atomic E-state index is 5.49. The molecule has 0 aliphatic rings. The fourth-order valence-corrected chi connectivity index (χ4v) is 1.40. The average molecular weight is 268 g/mol. The Bertz CT molecular complexity index is 300. The van der Waals surface area contributed by atoms with Crippen LogP contribution in [0, 0.1) is 0 Å². The van der Waals surface area contributed by atoms with E-state index in [1.165, 1.54) is 0 Å². The molecule has 0 N–H and O–H groups in total. The predicted molar refractivity (Wildman–Crippen MR) is 74.7 cm³/mol. The van der Waals surface area contributed by atoms with Crippen molar-refractivity contribution >= 4 is 0 Å². The van der Waals surface area contributed by atoms with Gasteiger partial charge < -0.3 is 18.9 Å². The summed E-state index contributed by atoms with van der Waals surface area (Å²) >= 11 is 0. The van der Waals surface area contributed by atoms with Gasteiger partial charge in [-0.05, 0) is 26.0 Å². The predicted octanol–water partition coefficient (Wildman–Crippen LogP) is 2.52. The summed E-state index contributed by atoms with van der Waals surface area (Å²) in [6.07, 6.45) is 0.259. The Kier molecular flexibility index (Phi) is 9.06. The molecule has 4 heteroatoms. The lowest BCUT2D eigenvalue weighted by Crippen LogP contribution is -2.14. The molecule has 0 aliphatic heterocycles. The van der Waals surface area contributed by atoms with Crippen molar-refractivity contribution in [3.05, 3.63) is 30.3 Å². The highest BCUT2D eigenvalue weighted by Crippen LogP contribution is 2.07. The first-order valence-corrected chi connectivity index (χ1v) is 6.74. The fraction of sp³-hybridized carbons (Fsp3) is 0.600. The highest BCUT2D eigenvalue weighted by molar-refractivity contribution is 5.20. The van der Waals surface area contributed by atoms with E-state index < -0.39 is 0 Å². The van der Waals surface area contributed by atoms with Crippen molar-refractivity contribution in [1.29, 1.82) is 0 Å². The molecule has 19 heavy (non-hydrogen) atoms. The first-order valence-electron chi connectivity index (χ1n) is 6.74. The van der Waals surface area contributed by atoms with Crippen molar-refractivity contribution in [2.24, 2.45) is 0 Å². The second-order valence-electron chi connectivity index (χ2n) is 4.31. The van der Waals surface area contributed by atoms with Crippen LogP contribution in [-0.4, -0.2) is 45.7 Å². The van der Waals surface area contributed by atoms with E-state index in [1.807, 2.05) is 44.2 Å². The summed E-state index contributed by atoms with van der Waals surface area (Å²) in [4.78, 5) is 0. The van der Waals surface area contributed by atoms with Crippen molar-refractivity contribution in [3.63, 3.8) is 0 Å². The van der Waals surface area contributed by atoms with Crippen LogP contribution < -0.4 is 4.74 Å². The van der Waals surface area contributed by atoms with E-state index >= 15 is 0 Å². The molecule has 4 nitrogen and oxygen atoms in total. The molecule has 1 aromatic rings. The van der Waals surface area contributed by atoms with E-state index in [-0.39, 0.29) is 6.10 Å². The molecule has 0 radical (unpaired) electrons. The van der Waals surface area contributed by atoms with Gasteiger partial charge in [0.1, 0.15) is 12.4 Å². The van der Waals surface area contributed by atoms with Crippen LogP contribution in [0.2, 0.25) is 0 Å². The average Bonchev–Trinajstić information content (AvgIpc) is 2.42. The van der Waals surface area contributed by atoms with Gasteiger partial charge in [0, 0.05) is 0 Å².